The summed E-state index contributed by atoms with van der Waals surface area (Å²) in [5, 5.41) is 0.799. The molecule has 130 valence electrons. The van der Waals surface area contributed by atoms with Crippen LogP contribution in [0, 0.1) is 0 Å². The Kier molecular flexibility index (Phi) is 7.14. The van der Waals surface area contributed by atoms with Gasteiger partial charge in [-0.1, -0.05) is 0 Å². The molecule has 0 saturated carbocycles. The van der Waals surface area contributed by atoms with Crippen molar-refractivity contribution in [2.24, 2.45) is 0 Å². The molecule has 6 heteroatoms. The Balaban J connectivity index is 1.47. The zero-order valence-corrected chi connectivity index (χ0v) is 17.0. The molecule has 2 aliphatic heterocycles. The van der Waals surface area contributed by atoms with Crippen LogP contribution in [0.4, 0.5) is 0 Å². The van der Waals surface area contributed by atoms with Crippen molar-refractivity contribution < 1.29 is 9.53 Å². The van der Waals surface area contributed by atoms with Gasteiger partial charge < -0.3 is 0 Å². The quantitative estimate of drug-likeness (QED) is 0.378. The van der Waals surface area contributed by atoms with E-state index in [0.29, 0.717) is 17.8 Å². The van der Waals surface area contributed by atoms with Crippen LogP contribution in [0.5, 0.6) is 0 Å². The molecule has 0 aromatic heterocycles. The Morgan fingerprint density at radius 3 is 2.88 bits per heavy atom. The Morgan fingerprint density at radius 1 is 1.29 bits per heavy atom. The summed E-state index contributed by atoms with van der Waals surface area (Å²) in [6.07, 6.45) is 6.14. The van der Waals surface area contributed by atoms with Crippen molar-refractivity contribution in [3.63, 3.8) is 0 Å². The van der Waals surface area contributed by atoms with Crippen LogP contribution >= 0.6 is 21.6 Å². The van der Waals surface area contributed by atoms with Crippen molar-refractivity contribution in [2.45, 2.75) is 49.8 Å². The molecule has 1 aromatic carbocycles. The molecule has 0 spiro atoms. The number of carbonyl (C=O) groups excluding carboxylic acids is 1. The van der Waals surface area contributed by atoms with E-state index in [1.165, 1.54) is 24.2 Å². The van der Waals surface area contributed by atoms with E-state index < -0.39 is 0 Å². The Hall–Kier alpha value is -0.421. The molecule has 0 aliphatic carbocycles. The van der Waals surface area contributed by atoms with Gasteiger partial charge in [-0.05, 0) is 0 Å². The zero-order valence-electron chi connectivity index (χ0n) is 13.7. The zero-order chi connectivity index (χ0) is 16.8. The molecule has 2 saturated heterocycles. The summed E-state index contributed by atoms with van der Waals surface area (Å²) in [6, 6.07) is 10.4. The van der Waals surface area contributed by atoms with Crippen LogP contribution in [0.1, 0.15) is 37.7 Å². The van der Waals surface area contributed by atoms with Gasteiger partial charge in [0.15, 0.2) is 0 Å². The van der Waals surface area contributed by atoms with Crippen LogP contribution in [0.25, 0.3) is 0 Å². The first-order chi connectivity index (χ1) is 11.7. The third-order valence-corrected chi connectivity index (χ3v) is 8.10. The van der Waals surface area contributed by atoms with Gasteiger partial charge in [0, 0.05) is 0 Å². The molecule has 2 atom stereocenters. The monoisotopic (exact) mass is 429 g/mol. The van der Waals surface area contributed by atoms with Gasteiger partial charge in [-0.3, -0.25) is 0 Å². The normalized spacial score (nSPS) is 23.5. The molecule has 1 aromatic rings. The number of rotatable bonds is 7. The molecule has 3 rings (SSSR count). The number of nitrogens with zero attached hydrogens (tertiary/aromatic N) is 1. The van der Waals surface area contributed by atoms with Crippen LogP contribution in [0.2, 0.25) is 0 Å². The summed E-state index contributed by atoms with van der Waals surface area (Å²) in [4.78, 5) is 14.5. The number of carbonyl (C=O) groups is 1. The van der Waals surface area contributed by atoms with Crippen molar-refractivity contribution >= 4 is 47.8 Å². The van der Waals surface area contributed by atoms with Gasteiger partial charge in [-0.15, -0.1) is 0 Å². The molecule has 0 radical (unpaired) electrons. The number of unbranched alkanes of at least 4 members (excludes halogenated alkanes) is 1. The average molecular weight is 428 g/mol. The topological polar surface area (TPSA) is 29.5 Å². The van der Waals surface area contributed by atoms with Gasteiger partial charge >= 0.3 is 160 Å². The second kappa shape index (κ2) is 9.32. The van der Waals surface area contributed by atoms with Gasteiger partial charge in [0.2, 0.25) is 0 Å². The predicted molar refractivity (Wildman–Crippen MR) is 104 cm³/mol. The van der Waals surface area contributed by atoms with Crippen molar-refractivity contribution in [3.8, 4) is 0 Å². The van der Waals surface area contributed by atoms with Crippen molar-refractivity contribution in [1.82, 2.24) is 4.90 Å². The van der Waals surface area contributed by atoms with E-state index in [0.717, 1.165) is 24.5 Å². The Bertz CT molecular complexity index is 563. The molecule has 2 aliphatic rings. The van der Waals surface area contributed by atoms with E-state index in [9.17, 15) is 4.79 Å². The number of ether oxygens (including phenoxy) is 1. The summed E-state index contributed by atoms with van der Waals surface area (Å²) < 4.78 is 6.26. The van der Waals surface area contributed by atoms with Crippen LogP contribution in [0.3, 0.4) is 0 Å². The van der Waals surface area contributed by atoms with Crippen LogP contribution in [0.15, 0.2) is 30.3 Å². The number of hydrogen-bond acceptors (Lipinski definition) is 4. The van der Waals surface area contributed by atoms with Crippen molar-refractivity contribution in [1.29, 1.82) is 0 Å². The molecular weight excluding hydrogens is 405 g/mol. The fourth-order valence-corrected chi connectivity index (χ4v) is 6.83. The second-order valence-electron chi connectivity index (χ2n) is 6.26. The number of benzene rings is 1. The Morgan fingerprint density at radius 2 is 2.12 bits per heavy atom. The molecule has 24 heavy (non-hydrogen) atoms. The summed E-state index contributed by atoms with van der Waals surface area (Å²) in [5.74, 6) is 1.47. The van der Waals surface area contributed by atoms with E-state index in [1.807, 2.05) is 44.7 Å². The molecule has 2 heterocycles. The average Bonchev–Trinajstić information content (AvgIpc) is 3.22. The van der Waals surface area contributed by atoms with Gasteiger partial charge in [-0.25, -0.2) is 0 Å². The van der Waals surface area contributed by atoms with E-state index in [1.54, 1.807) is 0 Å². The van der Waals surface area contributed by atoms with Crippen LogP contribution in [-0.2, 0) is 16.0 Å². The van der Waals surface area contributed by atoms with E-state index in [-0.39, 0.29) is 11.9 Å². The molecular formula is C18H23NO2S2Se. The first-order valence-corrected chi connectivity index (χ1v) is 11.8. The number of hydrogen-bond donors (Lipinski definition) is 0. The van der Waals surface area contributed by atoms with Gasteiger partial charge in [0.1, 0.15) is 0 Å². The minimum absolute atomic E-state index is 0.109. The van der Waals surface area contributed by atoms with Gasteiger partial charge in [0.05, 0.1) is 0 Å². The van der Waals surface area contributed by atoms with Gasteiger partial charge in [-0.2, -0.15) is 0 Å². The van der Waals surface area contributed by atoms with E-state index in [4.69, 9.17) is 4.74 Å². The van der Waals surface area contributed by atoms with E-state index in [2.05, 4.69) is 27.7 Å². The minimum atomic E-state index is 0.109. The predicted octanol–water partition coefficient (Wildman–Crippen LogP) is 3.43. The molecule has 1 unspecified atom stereocenters. The third-order valence-electron chi connectivity index (χ3n) is 4.44. The number of amides is 1. The molecule has 3 nitrogen and oxygen atoms in total. The summed E-state index contributed by atoms with van der Waals surface area (Å²) in [7, 11) is 4.01. The van der Waals surface area contributed by atoms with Crippen molar-refractivity contribution in [2.75, 3.05) is 12.4 Å². The SMILES string of the molecule is O=C(CCCCC1CCSS1)N1C(=[Se])OC[C@@H]1Cc1ccccc1. The standard InChI is InChI=1S/C18H23NO2S2Se/c20-17(9-5-4-8-16-10-11-22-23-16)19-15(13-21-18(19)24)12-14-6-2-1-3-7-14/h1-3,6-7,15-16H,4-5,8-13H2/t15-,16?/m0/s1. The van der Waals surface area contributed by atoms with E-state index >= 15 is 0 Å². The van der Waals surface area contributed by atoms with Gasteiger partial charge in [0.25, 0.3) is 0 Å². The second-order valence-corrected chi connectivity index (χ2v) is 9.78. The molecule has 0 bridgehead atoms. The fourth-order valence-electron chi connectivity index (χ4n) is 3.14. The van der Waals surface area contributed by atoms with Crippen LogP contribution in [-0.4, -0.2) is 54.8 Å². The first kappa shape index (κ1) is 18.4. The fraction of sp³-hybridized carbons (Fsp3) is 0.556. The third kappa shape index (κ3) is 5.04. The summed E-state index contributed by atoms with van der Waals surface area (Å²) in [6.45, 7) is 0.582. The Labute approximate surface area is 160 Å². The maximum absolute atomic E-state index is 12.6. The molecule has 1 amide bonds. The molecule has 2 fully saturated rings. The van der Waals surface area contributed by atoms with Crippen LogP contribution < -0.4 is 0 Å². The maximum atomic E-state index is 12.6. The summed E-state index contributed by atoms with van der Waals surface area (Å²) >= 11 is 2.91. The van der Waals surface area contributed by atoms with Crippen molar-refractivity contribution in [3.05, 3.63) is 35.9 Å². The summed E-state index contributed by atoms with van der Waals surface area (Å²) in [5.41, 5.74) is 1.24. The molecule has 0 N–H and O–H groups in total. The first-order valence-electron chi connectivity index (χ1n) is 8.55.